The summed E-state index contributed by atoms with van der Waals surface area (Å²) >= 11 is 0. The van der Waals surface area contributed by atoms with Gasteiger partial charge in [0.15, 0.2) is 11.5 Å². The third kappa shape index (κ3) is 5.97. The van der Waals surface area contributed by atoms with Crippen LogP contribution in [-0.4, -0.2) is 13.2 Å². The zero-order valence-corrected chi connectivity index (χ0v) is 14.6. The fraction of sp³-hybridized carbons (Fsp3) is 0.300. The first-order valence-electron chi connectivity index (χ1n) is 8.25. The van der Waals surface area contributed by atoms with E-state index in [0.717, 1.165) is 22.7 Å². The topological polar surface area (TPSA) is 42.5 Å². The Labute approximate surface area is 144 Å². The number of benzene rings is 2. The van der Waals surface area contributed by atoms with Crippen LogP contribution < -0.4 is 20.3 Å². The van der Waals surface area contributed by atoms with Crippen LogP contribution in [0.5, 0.6) is 11.5 Å². The molecule has 2 aromatic carbocycles. The smallest absolute Gasteiger partial charge is 0.161 e. The van der Waals surface area contributed by atoms with E-state index in [1.807, 2.05) is 55.5 Å². The second-order valence-electron chi connectivity index (χ2n) is 5.65. The number of rotatable bonds is 9. The van der Waals surface area contributed by atoms with Crippen molar-refractivity contribution in [2.45, 2.75) is 27.3 Å². The molecule has 0 saturated carbocycles. The fourth-order valence-corrected chi connectivity index (χ4v) is 2.12. The largest absolute Gasteiger partial charge is 0.490 e. The zero-order chi connectivity index (χ0) is 17.2. The maximum Gasteiger partial charge on any atom is 0.161 e. The van der Waals surface area contributed by atoms with Gasteiger partial charge >= 0.3 is 0 Å². The monoisotopic (exact) mass is 326 g/mol. The summed E-state index contributed by atoms with van der Waals surface area (Å²) < 4.78 is 11.5. The summed E-state index contributed by atoms with van der Waals surface area (Å²) in [6.45, 7) is 7.93. The van der Waals surface area contributed by atoms with Gasteiger partial charge in [-0.2, -0.15) is 0 Å². The summed E-state index contributed by atoms with van der Waals surface area (Å²) in [5.41, 5.74) is 9.78. The van der Waals surface area contributed by atoms with Crippen molar-refractivity contribution in [1.29, 1.82) is 0 Å². The summed E-state index contributed by atoms with van der Waals surface area (Å²) in [6, 6.07) is 16.0. The second-order valence-corrected chi connectivity index (χ2v) is 5.65. The molecular weight excluding hydrogens is 300 g/mol. The predicted molar refractivity (Wildman–Crippen MR) is 99.4 cm³/mol. The van der Waals surface area contributed by atoms with E-state index in [1.54, 1.807) is 0 Å². The quantitative estimate of drug-likeness (QED) is 0.524. The molecule has 0 bridgehead atoms. The van der Waals surface area contributed by atoms with Crippen LogP contribution in [0.4, 0.5) is 5.69 Å². The molecule has 0 aromatic heterocycles. The summed E-state index contributed by atoms with van der Waals surface area (Å²) in [5.74, 6) is 1.55. The highest BCUT2D eigenvalue weighted by molar-refractivity contribution is 5.44. The van der Waals surface area contributed by atoms with Crippen molar-refractivity contribution in [2.24, 2.45) is 0 Å². The number of para-hydroxylation sites is 1. The first-order valence-corrected chi connectivity index (χ1v) is 8.25. The van der Waals surface area contributed by atoms with Gasteiger partial charge in [0, 0.05) is 12.2 Å². The van der Waals surface area contributed by atoms with Gasteiger partial charge in [0.2, 0.25) is 0 Å². The lowest BCUT2D eigenvalue weighted by Crippen LogP contribution is -2.20. The molecule has 24 heavy (non-hydrogen) atoms. The lowest BCUT2D eigenvalue weighted by atomic mass is 10.2. The number of allylic oxidation sites excluding steroid dienone is 1. The van der Waals surface area contributed by atoms with Crippen LogP contribution >= 0.6 is 0 Å². The number of anilines is 1. The molecule has 0 aliphatic heterocycles. The van der Waals surface area contributed by atoms with E-state index in [9.17, 15) is 0 Å². The van der Waals surface area contributed by atoms with Crippen LogP contribution in [0.25, 0.3) is 0 Å². The molecule has 0 spiro atoms. The summed E-state index contributed by atoms with van der Waals surface area (Å²) in [4.78, 5) is 0. The Morgan fingerprint density at radius 3 is 2.50 bits per heavy atom. The molecule has 128 valence electrons. The van der Waals surface area contributed by atoms with Crippen LogP contribution in [0.15, 0.2) is 60.2 Å². The lowest BCUT2D eigenvalue weighted by molar-refractivity contribution is 0.296. The van der Waals surface area contributed by atoms with Crippen molar-refractivity contribution < 1.29 is 9.47 Å². The van der Waals surface area contributed by atoms with Gasteiger partial charge in [-0.25, -0.2) is 5.43 Å². The number of hydrogen-bond donors (Lipinski definition) is 2. The number of hydrogen-bond acceptors (Lipinski definition) is 4. The highest BCUT2D eigenvalue weighted by atomic mass is 16.5. The normalized spacial score (nSPS) is 10.1. The number of ether oxygens (including phenoxy) is 2. The van der Waals surface area contributed by atoms with Gasteiger partial charge in [0.1, 0.15) is 6.61 Å². The second kappa shape index (κ2) is 9.63. The fourth-order valence-electron chi connectivity index (χ4n) is 2.12. The Kier molecular flexibility index (Phi) is 7.18. The summed E-state index contributed by atoms with van der Waals surface area (Å²) in [7, 11) is 0. The van der Waals surface area contributed by atoms with E-state index >= 15 is 0 Å². The Hall–Kier alpha value is -2.46. The van der Waals surface area contributed by atoms with Crippen LogP contribution in [0.3, 0.4) is 0 Å². The molecule has 0 radical (unpaired) electrons. The number of hydrazine groups is 1. The van der Waals surface area contributed by atoms with E-state index in [0.29, 0.717) is 19.8 Å². The van der Waals surface area contributed by atoms with Crippen LogP contribution in [0.1, 0.15) is 26.3 Å². The Balaban J connectivity index is 1.95. The molecular formula is C20H26N2O2. The summed E-state index contributed by atoms with van der Waals surface area (Å²) in [6.07, 6.45) is 2.05. The Morgan fingerprint density at radius 1 is 1.00 bits per heavy atom. The molecule has 0 aliphatic carbocycles. The first kappa shape index (κ1) is 17.9. The molecule has 0 amide bonds. The third-order valence-electron chi connectivity index (χ3n) is 3.34. The van der Waals surface area contributed by atoms with E-state index in [4.69, 9.17) is 9.47 Å². The van der Waals surface area contributed by atoms with Crippen LogP contribution in [-0.2, 0) is 6.54 Å². The van der Waals surface area contributed by atoms with Crippen molar-refractivity contribution >= 4 is 5.69 Å². The van der Waals surface area contributed by atoms with E-state index in [-0.39, 0.29) is 0 Å². The van der Waals surface area contributed by atoms with Crippen LogP contribution in [0, 0.1) is 0 Å². The van der Waals surface area contributed by atoms with Gasteiger partial charge in [0.05, 0.1) is 6.61 Å². The third-order valence-corrected chi connectivity index (χ3v) is 3.34. The molecule has 0 saturated heterocycles. The van der Waals surface area contributed by atoms with E-state index < -0.39 is 0 Å². The van der Waals surface area contributed by atoms with Crippen molar-refractivity contribution in [3.63, 3.8) is 0 Å². The van der Waals surface area contributed by atoms with Crippen molar-refractivity contribution in [1.82, 2.24) is 5.43 Å². The molecule has 0 fully saturated rings. The maximum atomic E-state index is 5.79. The van der Waals surface area contributed by atoms with Gasteiger partial charge in [-0.05, 0) is 56.7 Å². The van der Waals surface area contributed by atoms with Gasteiger partial charge in [-0.3, -0.25) is 0 Å². The number of nitrogens with one attached hydrogen (secondary N) is 2. The van der Waals surface area contributed by atoms with Crippen molar-refractivity contribution in [3.05, 3.63) is 65.7 Å². The molecule has 0 aliphatic rings. The lowest BCUT2D eigenvalue weighted by Gasteiger charge is -2.13. The minimum Gasteiger partial charge on any atom is -0.490 e. The molecule has 4 heteroatoms. The minimum atomic E-state index is 0.551. The van der Waals surface area contributed by atoms with Crippen molar-refractivity contribution in [3.8, 4) is 11.5 Å². The van der Waals surface area contributed by atoms with Gasteiger partial charge in [0.25, 0.3) is 0 Å². The SMILES string of the molecule is CCOc1cc(CNNc2ccccc2)ccc1OCC=C(C)C. The minimum absolute atomic E-state index is 0.551. The van der Waals surface area contributed by atoms with Crippen LogP contribution in [0.2, 0.25) is 0 Å². The highest BCUT2D eigenvalue weighted by Crippen LogP contribution is 2.28. The van der Waals surface area contributed by atoms with Crippen molar-refractivity contribution in [2.75, 3.05) is 18.6 Å². The standard InChI is InChI=1S/C20H26N2O2/c1-4-23-20-14-17(10-11-19(20)24-13-12-16(2)3)15-21-22-18-8-6-5-7-9-18/h5-12,14,21-22H,4,13,15H2,1-3H3. The van der Waals surface area contributed by atoms with Gasteiger partial charge < -0.3 is 14.9 Å². The van der Waals surface area contributed by atoms with E-state index in [2.05, 4.69) is 30.8 Å². The van der Waals surface area contributed by atoms with Gasteiger partial charge in [-0.15, -0.1) is 0 Å². The molecule has 0 heterocycles. The Morgan fingerprint density at radius 2 is 1.79 bits per heavy atom. The van der Waals surface area contributed by atoms with Gasteiger partial charge in [-0.1, -0.05) is 29.8 Å². The molecule has 2 aromatic rings. The average Bonchev–Trinajstić information content (AvgIpc) is 2.58. The summed E-state index contributed by atoms with van der Waals surface area (Å²) in [5, 5.41) is 0. The maximum absolute atomic E-state index is 5.79. The molecule has 4 nitrogen and oxygen atoms in total. The zero-order valence-electron chi connectivity index (χ0n) is 14.6. The predicted octanol–water partition coefficient (Wildman–Crippen LogP) is 4.55. The van der Waals surface area contributed by atoms with E-state index in [1.165, 1.54) is 5.57 Å². The first-order chi connectivity index (χ1) is 11.7. The molecule has 0 unspecified atom stereocenters. The molecule has 2 rings (SSSR count). The molecule has 0 atom stereocenters. The molecule has 2 N–H and O–H groups in total. The Bertz CT molecular complexity index is 650. The average molecular weight is 326 g/mol. The highest BCUT2D eigenvalue weighted by Gasteiger charge is 2.06.